The second-order valence-electron chi connectivity index (χ2n) is 3.33. The number of hydrogen-bond donors (Lipinski definition) is 0. The Morgan fingerprint density at radius 3 is 2.86 bits per heavy atom. The zero-order valence-corrected chi connectivity index (χ0v) is 7.40. The van der Waals surface area contributed by atoms with Crippen molar-refractivity contribution in [1.82, 2.24) is 0 Å². The van der Waals surface area contributed by atoms with Crippen LogP contribution in [0.5, 0.6) is 0 Å². The van der Waals surface area contributed by atoms with E-state index in [0.29, 0.717) is 0 Å². The molecule has 0 spiro atoms. The number of nitrogens with zero attached hydrogens (tertiary/aromatic N) is 1. The number of carbonyl (C=O) groups is 1. The molecule has 1 aromatic carbocycles. The molecular weight excluding hydrogens is 174 g/mol. The van der Waals surface area contributed by atoms with Gasteiger partial charge in [-0.2, -0.15) is 0 Å². The highest BCUT2D eigenvalue weighted by molar-refractivity contribution is 6.43. The van der Waals surface area contributed by atoms with Crippen molar-refractivity contribution in [3.8, 4) is 0 Å². The molecule has 14 heavy (non-hydrogen) atoms. The van der Waals surface area contributed by atoms with E-state index in [1.807, 2.05) is 30.3 Å². The van der Waals surface area contributed by atoms with E-state index in [1.165, 1.54) is 6.21 Å². The lowest BCUT2D eigenvalue weighted by atomic mass is 10.0. The third-order valence-electron chi connectivity index (χ3n) is 2.50. The molecule has 0 bridgehead atoms. The Hall–Kier alpha value is -1.96. The fourth-order valence-corrected chi connectivity index (χ4v) is 1.84. The molecule has 66 valence electrons. The highest BCUT2D eigenvalue weighted by atomic mass is 16.1. The Morgan fingerprint density at radius 2 is 1.93 bits per heavy atom. The molecule has 1 heterocycles. The third-order valence-corrected chi connectivity index (χ3v) is 2.50. The summed E-state index contributed by atoms with van der Waals surface area (Å²) >= 11 is 0. The Balaban J connectivity index is 2.29. The number of fused-ring (bicyclic) bond motifs is 3. The van der Waals surface area contributed by atoms with Crippen LogP contribution < -0.4 is 0 Å². The minimum Gasteiger partial charge on any atom is -0.288 e. The number of rotatable bonds is 0. The molecule has 0 atom stereocenters. The first-order valence-corrected chi connectivity index (χ1v) is 4.45. The van der Waals surface area contributed by atoms with E-state index in [1.54, 1.807) is 6.20 Å². The fourth-order valence-electron chi connectivity index (χ4n) is 1.84. The van der Waals surface area contributed by atoms with Crippen LogP contribution in [-0.4, -0.2) is 12.0 Å². The molecule has 0 fully saturated rings. The molecule has 1 aliphatic heterocycles. The van der Waals surface area contributed by atoms with Crippen molar-refractivity contribution in [3.63, 3.8) is 0 Å². The standard InChI is InChI=1S/C12H7NO/c14-12-7-13-6-11-9-4-2-1-3-8(9)5-10(11)12/h1-7H. The van der Waals surface area contributed by atoms with Gasteiger partial charge in [-0.15, -0.1) is 0 Å². The Kier molecular flexibility index (Phi) is 1.34. The van der Waals surface area contributed by atoms with Crippen LogP contribution in [0.4, 0.5) is 0 Å². The number of hydrogen-bond acceptors (Lipinski definition) is 2. The molecule has 0 saturated carbocycles. The predicted molar refractivity (Wildman–Crippen MR) is 55.9 cm³/mol. The van der Waals surface area contributed by atoms with Crippen molar-refractivity contribution in [2.45, 2.75) is 0 Å². The molecule has 2 heteroatoms. The van der Waals surface area contributed by atoms with Crippen LogP contribution in [0.3, 0.4) is 0 Å². The normalized spacial score (nSPS) is 17.3. The minimum absolute atomic E-state index is 0.00120. The van der Waals surface area contributed by atoms with Gasteiger partial charge in [0.15, 0.2) is 0 Å². The molecule has 3 rings (SSSR count). The largest absolute Gasteiger partial charge is 0.288 e. The highest BCUT2D eigenvalue weighted by Crippen LogP contribution is 2.36. The van der Waals surface area contributed by atoms with Gasteiger partial charge in [-0.1, -0.05) is 24.3 Å². The smallest absolute Gasteiger partial charge is 0.204 e. The van der Waals surface area contributed by atoms with E-state index in [9.17, 15) is 4.79 Å². The zero-order valence-electron chi connectivity index (χ0n) is 7.40. The van der Waals surface area contributed by atoms with E-state index < -0.39 is 0 Å². The van der Waals surface area contributed by atoms with Crippen molar-refractivity contribution in [1.29, 1.82) is 0 Å². The molecule has 1 aromatic rings. The van der Waals surface area contributed by atoms with Crippen LogP contribution in [0.25, 0.3) is 11.6 Å². The van der Waals surface area contributed by atoms with Crippen LogP contribution in [0, 0.1) is 0 Å². The summed E-state index contributed by atoms with van der Waals surface area (Å²) in [5, 5.41) is 0. The SMILES string of the molecule is O=C1C=NC=C2C1=Cc1ccccc12. The molecule has 1 aliphatic carbocycles. The molecule has 2 aliphatic rings. The first kappa shape index (κ1) is 7.44. The summed E-state index contributed by atoms with van der Waals surface area (Å²) in [4.78, 5) is 15.4. The van der Waals surface area contributed by atoms with Gasteiger partial charge in [0.25, 0.3) is 0 Å². The maximum atomic E-state index is 11.5. The lowest BCUT2D eigenvalue weighted by Gasteiger charge is -2.05. The fraction of sp³-hybridized carbons (Fsp3) is 0. The first-order chi connectivity index (χ1) is 6.86. The van der Waals surface area contributed by atoms with E-state index in [-0.39, 0.29) is 5.78 Å². The van der Waals surface area contributed by atoms with Crippen LogP contribution in [-0.2, 0) is 4.79 Å². The summed E-state index contributed by atoms with van der Waals surface area (Å²) in [6, 6.07) is 7.96. The summed E-state index contributed by atoms with van der Waals surface area (Å²) in [5.41, 5.74) is 3.93. The summed E-state index contributed by atoms with van der Waals surface area (Å²) in [7, 11) is 0. The second-order valence-corrected chi connectivity index (χ2v) is 3.33. The van der Waals surface area contributed by atoms with Crippen molar-refractivity contribution in [3.05, 3.63) is 47.2 Å². The van der Waals surface area contributed by atoms with Crippen molar-refractivity contribution in [2.75, 3.05) is 0 Å². The molecule has 0 saturated heterocycles. The number of benzene rings is 1. The van der Waals surface area contributed by atoms with Gasteiger partial charge in [-0.3, -0.25) is 9.79 Å². The van der Waals surface area contributed by atoms with Gasteiger partial charge >= 0.3 is 0 Å². The number of carbonyl (C=O) groups excluding carboxylic acids is 1. The lowest BCUT2D eigenvalue weighted by molar-refractivity contribution is -0.109. The van der Waals surface area contributed by atoms with E-state index in [2.05, 4.69) is 4.99 Å². The van der Waals surface area contributed by atoms with Crippen molar-refractivity contribution >= 4 is 23.6 Å². The molecule has 0 aromatic heterocycles. The van der Waals surface area contributed by atoms with Crippen LogP contribution in [0.15, 0.2) is 41.0 Å². The predicted octanol–water partition coefficient (Wildman–Crippen LogP) is 2.08. The Labute approximate surface area is 81.3 Å². The van der Waals surface area contributed by atoms with Gasteiger partial charge in [0, 0.05) is 17.3 Å². The van der Waals surface area contributed by atoms with Crippen LogP contribution in [0.2, 0.25) is 0 Å². The van der Waals surface area contributed by atoms with Crippen LogP contribution in [0.1, 0.15) is 11.1 Å². The summed E-state index contributed by atoms with van der Waals surface area (Å²) in [6.07, 6.45) is 5.04. The van der Waals surface area contributed by atoms with Gasteiger partial charge in [-0.05, 0) is 17.2 Å². The van der Waals surface area contributed by atoms with Crippen LogP contribution >= 0.6 is 0 Å². The summed E-state index contributed by atoms with van der Waals surface area (Å²) in [5.74, 6) is -0.00120. The average Bonchev–Trinajstić information content (AvgIpc) is 2.59. The van der Waals surface area contributed by atoms with Gasteiger partial charge in [0.05, 0.1) is 6.21 Å². The van der Waals surface area contributed by atoms with Gasteiger partial charge in [0.2, 0.25) is 5.78 Å². The number of aliphatic imine (C=N–C) groups is 1. The maximum absolute atomic E-state index is 11.5. The van der Waals surface area contributed by atoms with Crippen molar-refractivity contribution in [2.24, 2.45) is 4.99 Å². The Morgan fingerprint density at radius 1 is 1.07 bits per heavy atom. The molecule has 2 nitrogen and oxygen atoms in total. The molecular formula is C12H7NO. The molecule has 0 amide bonds. The molecule has 0 N–H and O–H groups in total. The highest BCUT2D eigenvalue weighted by Gasteiger charge is 2.24. The van der Waals surface area contributed by atoms with Gasteiger partial charge in [-0.25, -0.2) is 0 Å². The van der Waals surface area contributed by atoms with Gasteiger partial charge in [0.1, 0.15) is 0 Å². The number of Topliss-reactive ketones (excluding diaryl/α,β-unsaturated/α-hetero) is 1. The van der Waals surface area contributed by atoms with E-state index in [4.69, 9.17) is 0 Å². The quantitative estimate of drug-likeness (QED) is 0.602. The summed E-state index contributed by atoms with van der Waals surface area (Å²) in [6.45, 7) is 0. The first-order valence-electron chi connectivity index (χ1n) is 4.45. The van der Waals surface area contributed by atoms with Gasteiger partial charge < -0.3 is 0 Å². The summed E-state index contributed by atoms with van der Waals surface area (Å²) < 4.78 is 0. The third kappa shape index (κ3) is 0.852. The van der Waals surface area contributed by atoms with E-state index >= 15 is 0 Å². The Bertz CT molecular complexity index is 521. The topological polar surface area (TPSA) is 29.4 Å². The molecule has 0 unspecified atom stereocenters. The van der Waals surface area contributed by atoms with E-state index in [0.717, 1.165) is 22.3 Å². The molecule has 0 radical (unpaired) electrons. The monoisotopic (exact) mass is 181 g/mol. The second kappa shape index (κ2) is 2.51. The zero-order chi connectivity index (χ0) is 9.54. The lowest BCUT2D eigenvalue weighted by Crippen LogP contribution is -2.06. The average molecular weight is 181 g/mol. The van der Waals surface area contributed by atoms with Crippen molar-refractivity contribution < 1.29 is 4.79 Å². The maximum Gasteiger partial charge on any atom is 0.204 e. The number of allylic oxidation sites excluding steroid dienone is 2. The number of ketones is 1. The minimum atomic E-state index is -0.00120.